The number of hydrogen-bond donors (Lipinski definition) is 2. The Hall–Kier alpha value is -2.41. The summed E-state index contributed by atoms with van der Waals surface area (Å²) in [6.07, 6.45) is 7.64. The molecular formula is C22H30ClN5O. The average Bonchev–Trinajstić information content (AvgIpc) is 3.11. The minimum Gasteiger partial charge on any atom is -0.391 e. The lowest BCUT2D eigenvalue weighted by Crippen LogP contribution is -2.38. The van der Waals surface area contributed by atoms with Crippen molar-refractivity contribution >= 4 is 23.2 Å². The number of hydrazone groups is 1. The summed E-state index contributed by atoms with van der Waals surface area (Å²) in [4.78, 5) is 9.46. The molecule has 2 rings (SSSR count). The lowest BCUT2D eigenvalue weighted by molar-refractivity contribution is 0.291. The van der Waals surface area contributed by atoms with Gasteiger partial charge in [0, 0.05) is 10.6 Å². The molecule has 6 nitrogen and oxygen atoms in total. The van der Waals surface area contributed by atoms with Gasteiger partial charge in [0.1, 0.15) is 6.67 Å². The normalized spacial score (nSPS) is 17.7. The number of rotatable bonds is 10. The van der Waals surface area contributed by atoms with Crippen molar-refractivity contribution in [1.82, 2.24) is 10.3 Å². The van der Waals surface area contributed by atoms with E-state index in [1.165, 1.54) is 5.57 Å². The van der Waals surface area contributed by atoms with Crippen molar-refractivity contribution < 1.29 is 4.84 Å². The highest BCUT2D eigenvalue weighted by atomic mass is 35.5. The Balaban J connectivity index is 2.04. The first-order chi connectivity index (χ1) is 14.1. The molecule has 0 fully saturated rings. The second-order valence-corrected chi connectivity index (χ2v) is 7.11. The molecule has 0 saturated heterocycles. The van der Waals surface area contributed by atoms with Crippen LogP contribution in [0.5, 0.6) is 0 Å². The molecule has 7 heteroatoms. The van der Waals surface area contributed by atoms with Crippen LogP contribution in [0.4, 0.5) is 0 Å². The van der Waals surface area contributed by atoms with Crippen LogP contribution in [0.25, 0.3) is 0 Å². The van der Waals surface area contributed by atoms with E-state index in [9.17, 15) is 0 Å². The van der Waals surface area contributed by atoms with E-state index in [4.69, 9.17) is 27.4 Å². The molecule has 1 aliphatic rings. The zero-order chi connectivity index (χ0) is 21.1. The fourth-order valence-electron chi connectivity index (χ4n) is 3.07. The Morgan fingerprint density at radius 3 is 2.79 bits per heavy atom. The zero-order valence-corrected chi connectivity index (χ0v) is 17.9. The zero-order valence-electron chi connectivity index (χ0n) is 17.1. The van der Waals surface area contributed by atoms with Crippen LogP contribution in [0.2, 0.25) is 0 Å². The van der Waals surface area contributed by atoms with Gasteiger partial charge in [0.05, 0.1) is 18.3 Å². The van der Waals surface area contributed by atoms with E-state index in [2.05, 4.69) is 29.9 Å². The summed E-state index contributed by atoms with van der Waals surface area (Å²) in [7, 11) is 0. The van der Waals surface area contributed by atoms with Crippen molar-refractivity contribution in [2.75, 3.05) is 19.8 Å². The molecule has 0 aromatic heterocycles. The number of benzene rings is 1. The highest BCUT2D eigenvalue weighted by Gasteiger charge is 2.25. The molecule has 0 bridgehead atoms. The lowest BCUT2D eigenvalue weighted by atomic mass is 10.0. The summed E-state index contributed by atoms with van der Waals surface area (Å²) in [6.45, 7) is 9.83. The maximum Gasteiger partial charge on any atom is 0.242 e. The predicted molar refractivity (Wildman–Crippen MR) is 122 cm³/mol. The van der Waals surface area contributed by atoms with Crippen molar-refractivity contribution in [1.29, 1.82) is 0 Å². The number of halogens is 1. The number of hydrogen-bond acceptors (Lipinski definition) is 6. The molecule has 0 amide bonds. The molecule has 1 atom stereocenters. The lowest BCUT2D eigenvalue weighted by Gasteiger charge is -2.15. The van der Waals surface area contributed by atoms with E-state index in [-0.39, 0.29) is 6.04 Å². The fraction of sp³-hybridized carbons (Fsp3) is 0.364. The number of nitrogens with zero attached hydrogens (tertiary/aromatic N) is 3. The van der Waals surface area contributed by atoms with E-state index in [1.54, 1.807) is 0 Å². The van der Waals surface area contributed by atoms with Crippen LogP contribution in [-0.2, 0) is 4.84 Å². The minimum atomic E-state index is 0.208. The molecule has 0 spiro atoms. The molecule has 29 heavy (non-hydrogen) atoms. The molecule has 1 aromatic carbocycles. The monoisotopic (exact) mass is 415 g/mol. The molecular weight excluding hydrogens is 386 g/mol. The van der Waals surface area contributed by atoms with Gasteiger partial charge in [-0.3, -0.25) is 5.01 Å². The van der Waals surface area contributed by atoms with Gasteiger partial charge in [0.25, 0.3) is 0 Å². The predicted octanol–water partition coefficient (Wildman–Crippen LogP) is 3.97. The Morgan fingerprint density at radius 2 is 2.17 bits per heavy atom. The SMILES string of the molecule is C=C(Cl)/C=C\C(=C/C)CCC1=NN(C/N=C(\ON)c2ccccc2)CC1NCC. The van der Waals surface area contributed by atoms with Gasteiger partial charge in [0.15, 0.2) is 0 Å². The standard InChI is InChI=1S/C22H30ClN5O/c1-4-18(12-11-17(3)23)13-14-20-21(25-5-2)15-28(27-20)16-26-22(29-24)19-9-7-6-8-10-19/h4,6-12,21,25H,3,5,13-16,24H2,1-2H3/b12-11-,18-4+,26-22-. The fourth-order valence-corrected chi connectivity index (χ4v) is 3.13. The molecule has 1 aliphatic heterocycles. The second-order valence-electron chi connectivity index (χ2n) is 6.62. The number of allylic oxidation sites excluding steroid dienone is 5. The van der Waals surface area contributed by atoms with E-state index in [0.717, 1.165) is 37.2 Å². The van der Waals surface area contributed by atoms with E-state index < -0.39 is 0 Å². The van der Waals surface area contributed by atoms with Crippen LogP contribution in [0, 0.1) is 0 Å². The number of nitrogens with two attached hydrogens (primary N) is 1. The van der Waals surface area contributed by atoms with Crippen molar-refractivity contribution in [3.63, 3.8) is 0 Å². The van der Waals surface area contributed by atoms with Crippen molar-refractivity contribution in [3.8, 4) is 0 Å². The van der Waals surface area contributed by atoms with Gasteiger partial charge in [0.2, 0.25) is 5.90 Å². The third kappa shape index (κ3) is 7.49. The minimum absolute atomic E-state index is 0.208. The number of aliphatic imine (C=N–C) groups is 1. The van der Waals surface area contributed by atoms with Crippen molar-refractivity contribution in [2.24, 2.45) is 16.0 Å². The maximum atomic E-state index is 5.83. The highest BCUT2D eigenvalue weighted by molar-refractivity contribution is 6.30. The van der Waals surface area contributed by atoms with Gasteiger partial charge in [-0.15, -0.1) is 0 Å². The molecule has 1 unspecified atom stereocenters. The van der Waals surface area contributed by atoms with Crippen LogP contribution in [0.3, 0.4) is 0 Å². The quantitative estimate of drug-likeness (QED) is 0.262. The van der Waals surface area contributed by atoms with Crippen molar-refractivity contribution in [2.45, 2.75) is 32.7 Å². The first kappa shape index (κ1) is 22.9. The molecule has 0 radical (unpaired) electrons. The Bertz CT molecular complexity index is 786. The van der Waals surface area contributed by atoms with Crippen molar-refractivity contribution in [3.05, 3.63) is 71.3 Å². The van der Waals surface area contributed by atoms with Gasteiger partial charge in [-0.1, -0.05) is 61.0 Å². The van der Waals surface area contributed by atoms with E-state index >= 15 is 0 Å². The summed E-state index contributed by atoms with van der Waals surface area (Å²) in [6, 6.07) is 9.81. The smallest absolute Gasteiger partial charge is 0.242 e. The number of likely N-dealkylation sites (N-methyl/N-ethyl adjacent to an activating group) is 1. The third-order valence-electron chi connectivity index (χ3n) is 4.54. The van der Waals surface area contributed by atoms with Gasteiger partial charge in [-0.25, -0.2) is 4.99 Å². The summed E-state index contributed by atoms with van der Waals surface area (Å²) < 4.78 is 0. The van der Waals surface area contributed by atoms with Crippen LogP contribution in [-0.4, -0.2) is 42.4 Å². The molecule has 1 heterocycles. The first-order valence-corrected chi connectivity index (χ1v) is 10.1. The largest absolute Gasteiger partial charge is 0.391 e. The molecule has 0 saturated carbocycles. The summed E-state index contributed by atoms with van der Waals surface area (Å²) in [5, 5.41) is 10.7. The Morgan fingerprint density at radius 1 is 1.41 bits per heavy atom. The van der Waals surface area contributed by atoms with Gasteiger partial charge < -0.3 is 10.2 Å². The summed E-state index contributed by atoms with van der Waals surface area (Å²) >= 11 is 5.83. The van der Waals surface area contributed by atoms with E-state index in [0.29, 0.717) is 17.6 Å². The topological polar surface area (TPSA) is 75.2 Å². The molecule has 156 valence electrons. The van der Waals surface area contributed by atoms with E-state index in [1.807, 2.05) is 54.4 Å². The van der Waals surface area contributed by atoms with Crippen LogP contribution in [0.1, 0.15) is 32.3 Å². The molecule has 0 aliphatic carbocycles. The number of nitrogens with one attached hydrogen (secondary N) is 1. The third-order valence-corrected chi connectivity index (χ3v) is 4.67. The molecule has 1 aromatic rings. The van der Waals surface area contributed by atoms with Crippen LogP contribution >= 0.6 is 11.6 Å². The van der Waals surface area contributed by atoms with Gasteiger partial charge in [-0.05, 0) is 44.5 Å². The first-order valence-electron chi connectivity index (χ1n) is 9.77. The van der Waals surface area contributed by atoms with Gasteiger partial charge >= 0.3 is 0 Å². The Kier molecular flexibility index (Phi) is 9.64. The summed E-state index contributed by atoms with van der Waals surface area (Å²) in [5.41, 5.74) is 3.16. The van der Waals surface area contributed by atoms with Crippen LogP contribution < -0.4 is 11.2 Å². The molecule has 3 N–H and O–H groups in total. The maximum absolute atomic E-state index is 5.83. The second kappa shape index (κ2) is 12.2. The Labute approximate surface area is 178 Å². The van der Waals surface area contributed by atoms with Gasteiger partial charge in [-0.2, -0.15) is 11.0 Å². The van der Waals surface area contributed by atoms with Crippen LogP contribution in [0.15, 0.2) is 75.8 Å². The summed E-state index contributed by atoms with van der Waals surface area (Å²) in [5.74, 6) is 5.81. The average molecular weight is 416 g/mol. The highest BCUT2D eigenvalue weighted by Crippen LogP contribution is 2.16.